The minimum Gasteiger partial charge on any atom is -0.307 e. The Bertz CT molecular complexity index is 648. The van der Waals surface area contributed by atoms with Crippen molar-refractivity contribution in [2.75, 3.05) is 19.8 Å². The van der Waals surface area contributed by atoms with Crippen LogP contribution in [0.15, 0.2) is 60.7 Å². The van der Waals surface area contributed by atoms with E-state index in [1.165, 1.54) is 0 Å². The summed E-state index contributed by atoms with van der Waals surface area (Å²) in [5, 5.41) is 1.93. The zero-order chi connectivity index (χ0) is 18.9. The fourth-order valence-electron chi connectivity index (χ4n) is 2.43. The van der Waals surface area contributed by atoms with Gasteiger partial charge in [0.2, 0.25) is 0 Å². The van der Waals surface area contributed by atoms with Crippen LogP contribution < -0.4 is 10.6 Å². The van der Waals surface area contributed by atoms with Crippen molar-refractivity contribution in [3.05, 3.63) is 60.7 Å². The van der Waals surface area contributed by atoms with E-state index >= 15 is 0 Å². The molecule has 0 aliphatic rings. The SMILES string of the molecule is CCCO[P+](OP(=S)(OCC)OCC)(c1ccccc1)c1ccccc1. The van der Waals surface area contributed by atoms with Crippen LogP contribution in [0.25, 0.3) is 0 Å². The van der Waals surface area contributed by atoms with Crippen LogP contribution >= 0.6 is 14.4 Å². The van der Waals surface area contributed by atoms with Gasteiger partial charge in [-0.25, -0.2) is 0 Å². The van der Waals surface area contributed by atoms with Crippen LogP contribution in [-0.4, -0.2) is 19.8 Å². The molecule has 0 radical (unpaired) electrons. The fourth-order valence-corrected chi connectivity index (χ4v) is 9.22. The van der Waals surface area contributed by atoms with Gasteiger partial charge in [-0.3, -0.25) is 0 Å². The molecular weight excluding hydrogens is 386 g/mol. The predicted octanol–water partition coefficient (Wildman–Crippen LogP) is 5.23. The molecule has 2 rings (SSSR count). The topological polar surface area (TPSA) is 36.9 Å². The first kappa shape index (κ1) is 21.7. The first-order chi connectivity index (χ1) is 12.6. The Kier molecular flexibility index (Phi) is 8.86. The van der Waals surface area contributed by atoms with E-state index in [4.69, 9.17) is 29.7 Å². The lowest BCUT2D eigenvalue weighted by molar-refractivity contribution is 0.209. The Balaban J connectivity index is 2.60. The molecular formula is C19H27O4P2S+. The number of hydrogen-bond donors (Lipinski definition) is 0. The van der Waals surface area contributed by atoms with Crippen molar-refractivity contribution in [1.82, 2.24) is 0 Å². The molecule has 0 N–H and O–H groups in total. The minimum absolute atomic E-state index is 0.425. The highest BCUT2D eigenvalue weighted by atomic mass is 32.5. The Morgan fingerprint density at radius 2 is 1.27 bits per heavy atom. The molecule has 2 aromatic rings. The normalized spacial score (nSPS) is 12.3. The Labute approximate surface area is 162 Å². The van der Waals surface area contributed by atoms with Crippen LogP contribution in [0.2, 0.25) is 0 Å². The molecule has 0 fully saturated rings. The molecule has 0 amide bonds. The van der Waals surface area contributed by atoms with Crippen molar-refractivity contribution in [1.29, 1.82) is 0 Å². The number of hydrogen-bond acceptors (Lipinski definition) is 5. The molecule has 4 nitrogen and oxygen atoms in total. The number of rotatable bonds is 11. The molecule has 0 aromatic heterocycles. The molecule has 142 valence electrons. The van der Waals surface area contributed by atoms with Gasteiger partial charge in [-0.1, -0.05) is 43.3 Å². The first-order valence-electron chi connectivity index (χ1n) is 8.85. The third-order valence-corrected chi connectivity index (χ3v) is 10.1. The molecule has 0 bridgehead atoms. The summed E-state index contributed by atoms with van der Waals surface area (Å²) in [6, 6.07) is 20.0. The second-order valence-corrected chi connectivity index (χ2v) is 11.2. The highest BCUT2D eigenvalue weighted by Crippen LogP contribution is 2.71. The van der Waals surface area contributed by atoms with Crippen LogP contribution in [-0.2, 0) is 29.7 Å². The molecule has 7 heteroatoms. The van der Waals surface area contributed by atoms with Gasteiger partial charge in [0, 0.05) is 0 Å². The van der Waals surface area contributed by atoms with Crippen molar-refractivity contribution in [3.63, 3.8) is 0 Å². The third-order valence-electron chi connectivity index (χ3n) is 3.46. The van der Waals surface area contributed by atoms with E-state index in [9.17, 15) is 0 Å². The average Bonchev–Trinajstić information content (AvgIpc) is 2.67. The quantitative estimate of drug-likeness (QED) is 0.472. The van der Waals surface area contributed by atoms with Gasteiger partial charge >= 0.3 is 14.4 Å². The Hall–Kier alpha value is -0.640. The summed E-state index contributed by atoms with van der Waals surface area (Å²) in [5.74, 6) is 0. The number of benzene rings is 2. The van der Waals surface area contributed by atoms with Gasteiger partial charge < -0.3 is 9.05 Å². The van der Waals surface area contributed by atoms with Crippen molar-refractivity contribution < 1.29 is 17.9 Å². The minimum atomic E-state index is -2.95. The molecule has 0 heterocycles. The fraction of sp³-hybridized carbons (Fsp3) is 0.368. The zero-order valence-electron chi connectivity index (χ0n) is 15.5. The average molecular weight is 413 g/mol. The molecule has 0 atom stereocenters. The highest BCUT2D eigenvalue weighted by Gasteiger charge is 2.53. The molecule has 2 aromatic carbocycles. The lowest BCUT2D eigenvalue weighted by atomic mass is 10.4. The Morgan fingerprint density at radius 1 is 0.808 bits per heavy atom. The third kappa shape index (κ3) is 5.43. The summed E-state index contributed by atoms with van der Waals surface area (Å²) >= 11 is 5.69. The van der Waals surface area contributed by atoms with Crippen molar-refractivity contribution in [2.24, 2.45) is 0 Å². The summed E-state index contributed by atoms with van der Waals surface area (Å²) in [4.78, 5) is 0. The maximum absolute atomic E-state index is 6.55. The second-order valence-electron chi connectivity index (χ2n) is 5.42. The van der Waals surface area contributed by atoms with Crippen LogP contribution in [0.5, 0.6) is 0 Å². The first-order valence-corrected chi connectivity index (χ1v) is 13.0. The van der Waals surface area contributed by atoms with Crippen LogP contribution in [0.1, 0.15) is 27.2 Å². The lowest BCUT2D eigenvalue weighted by Gasteiger charge is -2.28. The lowest BCUT2D eigenvalue weighted by Crippen LogP contribution is -2.26. The summed E-state index contributed by atoms with van der Waals surface area (Å²) in [7, 11) is -2.70. The van der Waals surface area contributed by atoms with Crippen molar-refractivity contribution in [3.8, 4) is 0 Å². The molecule has 0 spiro atoms. The summed E-state index contributed by atoms with van der Waals surface area (Å²) in [5.41, 5.74) is 0. The van der Waals surface area contributed by atoms with Crippen LogP contribution in [0.4, 0.5) is 0 Å². The maximum Gasteiger partial charge on any atom is 0.367 e. The van der Waals surface area contributed by atoms with Gasteiger partial charge in [-0.05, 0) is 56.3 Å². The predicted molar refractivity (Wildman–Crippen MR) is 114 cm³/mol. The zero-order valence-corrected chi connectivity index (χ0v) is 18.1. The molecule has 0 saturated carbocycles. The van der Waals surface area contributed by atoms with Crippen LogP contribution in [0.3, 0.4) is 0 Å². The maximum atomic E-state index is 6.55. The monoisotopic (exact) mass is 413 g/mol. The molecule has 0 unspecified atom stereocenters. The summed E-state index contributed by atoms with van der Waals surface area (Å²) in [6.07, 6.45) is 0.872. The largest absolute Gasteiger partial charge is 0.367 e. The highest BCUT2D eigenvalue weighted by molar-refractivity contribution is 8.10. The van der Waals surface area contributed by atoms with E-state index in [-0.39, 0.29) is 0 Å². The van der Waals surface area contributed by atoms with E-state index < -0.39 is 14.4 Å². The van der Waals surface area contributed by atoms with Gasteiger partial charge in [0.1, 0.15) is 0 Å². The van der Waals surface area contributed by atoms with Crippen molar-refractivity contribution in [2.45, 2.75) is 27.2 Å². The molecule has 0 aliphatic heterocycles. The van der Waals surface area contributed by atoms with Gasteiger partial charge in [0.05, 0.1) is 19.8 Å². The smallest absolute Gasteiger partial charge is 0.307 e. The van der Waals surface area contributed by atoms with Crippen LogP contribution in [0, 0.1) is 0 Å². The van der Waals surface area contributed by atoms with Crippen molar-refractivity contribution >= 4 is 36.9 Å². The van der Waals surface area contributed by atoms with Gasteiger partial charge in [-0.2, -0.15) is 4.52 Å². The Morgan fingerprint density at radius 3 is 1.65 bits per heavy atom. The summed E-state index contributed by atoms with van der Waals surface area (Å²) in [6.45, 7) is 4.31. The van der Waals surface area contributed by atoms with Gasteiger partial charge in [0.15, 0.2) is 10.6 Å². The molecule has 26 heavy (non-hydrogen) atoms. The summed E-state index contributed by atoms with van der Waals surface area (Å²) < 4.78 is 24.5. The van der Waals surface area contributed by atoms with E-state index in [1.54, 1.807) is 0 Å². The van der Waals surface area contributed by atoms with E-state index in [2.05, 4.69) is 6.92 Å². The van der Waals surface area contributed by atoms with Gasteiger partial charge in [-0.15, -0.1) is 4.31 Å². The van der Waals surface area contributed by atoms with E-state index in [0.29, 0.717) is 19.8 Å². The van der Waals surface area contributed by atoms with E-state index in [0.717, 1.165) is 17.0 Å². The molecule has 0 saturated heterocycles. The molecule has 0 aliphatic carbocycles. The van der Waals surface area contributed by atoms with E-state index in [1.807, 2.05) is 74.5 Å². The van der Waals surface area contributed by atoms with Gasteiger partial charge in [0.25, 0.3) is 0 Å². The second kappa shape index (κ2) is 10.6. The standard InChI is InChI=1S/C19H27O4P2S/c1-4-17-22-24(18-13-9-7-10-14-18,19-15-11-8-12-16-19)23-25(26,20-5-2)21-6-3/h7-16H,4-6,17H2,1-3H3/q+1.